The number of nitro groups is 2. The predicted molar refractivity (Wildman–Crippen MR) is 113 cm³/mol. The summed E-state index contributed by atoms with van der Waals surface area (Å²) in [5.41, 5.74) is -1.33. The highest BCUT2D eigenvalue weighted by Crippen LogP contribution is 2.39. The van der Waals surface area contributed by atoms with Crippen molar-refractivity contribution in [2.24, 2.45) is 0 Å². The number of hydrogen-bond acceptors (Lipinski definition) is 10. The molecule has 1 heterocycles. The second-order valence-corrected chi connectivity index (χ2v) is 6.84. The van der Waals surface area contributed by atoms with Gasteiger partial charge in [0.2, 0.25) is 5.75 Å². The molecule has 0 unspecified atom stereocenters. The summed E-state index contributed by atoms with van der Waals surface area (Å²) >= 11 is 1.19. The van der Waals surface area contributed by atoms with Crippen molar-refractivity contribution in [1.29, 1.82) is 5.26 Å². The van der Waals surface area contributed by atoms with E-state index in [1.165, 1.54) is 37.1 Å². The molecule has 32 heavy (non-hydrogen) atoms. The zero-order valence-corrected chi connectivity index (χ0v) is 17.3. The quantitative estimate of drug-likeness (QED) is 0.239. The van der Waals surface area contributed by atoms with Crippen molar-refractivity contribution in [3.05, 3.63) is 72.5 Å². The minimum Gasteiger partial charge on any atom is -0.493 e. The van der Waals surface area contributed by atoms with Gasteiger partial charge in [-0.1, -0.05) is 11.8 Å². The van der Waals surface area contributed by atoms with Crippen LogP contribution < -0.4 is 15.0 Å². The Labute approximate surface area is 183 Å². The molecule has 0 aliphatic heterocycles. The van der Waals surface area contributed by atoms with E-state index in [0.717, 1.165) is 18.2 Å². The highest BCUT2D eigenvalue weighted by Gasteiger charge is 2.23. The molecule has 0 aliphatic carbocycles. The molecule has 1 aromatic heterocycles. The van der Waals surface area contributed by atoms with Crippen molar-refractivity contribution in [2.45, 2.75) is 5.16 Å². The molecule has 0 aliphatic rings. The number of non-ortho nitro benzene ring substituents is 1. The lowest BCUT2D eigenvalue weighted by Gasteiger charge is -2.12. The third-order valence-corrected chi connectivity index (χ3v) is 4.79. The average Bonchev–Trinajstić information content (AvgIpc) is 2.78. The van der Waals surface area contributed by atoms with E-state index in [9.17, 15) is 30.3 Å². The van der Waals surface area contributed by atoms with Gasteiger partial charge in [0.25, 0.3) is 11.2 Å². The fraction of sp³-hybridized carbons (Fsp3) is 0.105. The highest BCUT2D eigenvalue weighted by atomic mass is 32.2. The van der Waals surface area contributed by atoms with Crippen LogP contribution in [0, 0.1) is 31.6 Å². The molecule has 13 heteroatoms. The summed E-state index contributed by atoms with van der Waals surface area (Å²) in [5.74, 6) is -0.0308. The molecule has 0 atom stereocenters. The molecule has 1 N–H and O–H groups in total. The lowest BCUT2D eigenvalue weighted by atomic mass is 10.1. The number of aromatic nitrogens is 2. The van der Waals surface area contributed by atoms with Gasteiger partial charge in [-0.15, -0.1) is 0 Å². The first-order valence-electron chi connectivity index (χ1n) is 8.66. The number of H-pyrrole nitrogens is 1. The summed E-state index contributed by atoms with van der Waals surface area (Å²) in [7, 11) is 1.33. The maximum absolute atomic E-state index is 12.2. The third kappa shape index (κ3) is 4.35. The topological polar surface area (TPSA) is 174 Å². The van der Waals surface area contributed by atoms with E-state index >= 15 is 0 Å². The van der Waals surface area contributed by atoms with Gasteiger partial charge in [-0.2, -0.15) is 5.26 Å². The Balaban J connectivity index is 2.08. The van der Waals surface area contributed by atoms with Gasteiger partial charge in [0.15, 0.2) is 16.7 Å². The first-order valence-corrected chi connectivity index (χ1v) is 9.89. The lowest BCUT2D eigenvalue weighted by Crippen LogP contribution is -2.14. The van der Waals surface area contributed by atoms with Crippen molar-refractivity contribution >= 4 is 23.1 Å². The monoisotopic (exact) mass is 455 g/mol. The van der Waals surface area contributed by atoms with Crippen LogP contribution in [0.3, 0.4) is 0 Å². The van der Waals surface area contributed by atoms with E-state index in [0.29, 0.717) is 10.7 Å². The Hall–Kier alpha value is -4.44. The molecule has 2 aromatic carbocycles. The Morgan fingerprint density at radius 2 is 1.81 bits per heavy atom. The number of benzene rings is 2. The van der Waals surface area contributed by atoms with E-state index in [1.807, 2.05) is 6.07 Å². The van der Waals surface area contributed by atoms with Gasteiger partial charge < -0.3 is 14.5 Å². The van der Waals surface area contributed by atoms with Crippen LogP contribution in [0.5, 0.6) is 17.2 Å². The Kier molecular flexibility index (Phi) is 6.36. The van der Waals surface area contributed by atoms with E-state index in [1.54, 1.807) is 6.26 Å². The number of nitriles is 1. The molecule has 162 valence electrons. The van der Waals surface area contributed by atoms with Gasteiger partial charge in [-0.3, -0.25) is 25.0 Å². The van der Waals surface area contributed by atoms with Gasteiger partial charge in [-0.05, 0) is 30.5 Å². The minimum absolute atomic E-state index is 0.0710. The Morgan fingerprint density at radius 1 is 1.09 bits per heavy atom. The van der Waals surface area contributed by atoms with Crippen LogP contribution in [0.2, 0.25) is 0 Å². The van der Waals surface area contributed by atoms with Crippen molar-refractivity contribution < 1.29 is 19.3 Å². The number of nitro benzene ring substituents is 2. The van der Waals surface area contributed by atoms with Crippen LogP contribution in [-0.4, -0.2) is 33.2 Å². The number of ether oxygens (including phenoxy) is 2. The van der Waals surface area contributed by atoms with E-state index in [4.69, 9.17) is 9.47 Å². The van der Waals surface area contributed by atoms with Crippen molar-refractivity contribution in [3.8, 4) is 34.6 Å². The van der Waals surface area contributed by atoms with Crippen molar-refractivity contribution in [1.82, 2.24) is 9.97 Å². The Bertz CT molecular complexity index is 1330. The molecule has 3 rings (SSSR count). The number of rotatable bonds is 7. The van der Waals surface area contributed by atoms with Gasteiger partial charge in [0, 0.05) is 11.6 Å². The molecular weight excluding hydrogens is 442 g/mol. The van der Waals surface area contributed by atoms with Crippen molar-refractivity contribution in [2.75, 3.05) is 13.4 Å². The summed E-state index contributed by atoms with van der Waals surface area (Å²) in [6, 6.07) is 9.18. The largest absolute Gasteiger partial charge is 0.493 e. The van der Waals surface area contributed by atoms with Crippen molar-refractivity contribution in [3.63, 3.8) is 0 Å². The number of methoxy groups -OCH3 is 1. The fourth-order valence-electron chi connectivity index (χ4n) is 2.73. The van der Waals surface area contributed by atoms with Crippen LogP contribution in [0.4, 0.5) is 11.4 Å². The number of nitrogens with one attached hydrogen (secondary N) is 1. The normalized spacial score (nSPS) is 10.3. The number of thioether (sulfide) groups is 1. The summed E-state index contributed by atoms with van der Waals surface area (Å²) in [6.45, 7) is 0. The third-order valence-electron chi connectivity index (χ3n) is 4.21. The Morgan fingerprint density at radius 3 is 2.41 bits per heavy atom. The molecule has 0 radical (unpaired) electrons. The fourth-order valence-corrected chi connectivity index (χ4v) is 3.11. The van der Waals surface area contributed by atoms with Crippen LogP contribution in [0.1, 0.15) is 5.56 Å². The average molecular weight is 455 g/mol. The molecule has 3 aromatic rings. The van der Waals surface area contributed by atoms with Crippen LogP contribution in [-0.2, 0) is 0 Å². The molecule has 0 bridgehead atoms. The molecule has 0 amide bonds. The van der Waals surface area contributed by atoms with E-state index in [2.05, 4.69) is 9.97 Å². The summed E-state index contributed by atoms with van der Waals surface area (Å²) < 4.78 is 10.9. The minimum atomic E-state index is -0.799. The lowest BCUT2D eigenvalue weighted by molar-refractivity contribution is -0.394. The van der Waals surface area contributed by atoms with Crippen LogP contribution >= 0.6 is 11.8 Å². The molecular formula is C19H13N5O7S. The zero-order valence-electron chi connectivity index (χ0n) is 16.5. The highest BCUT2D eigenvalue weighted by molar-refractivity contribution is 7.98. The number of aromatic amines is 1. The number of hydrogen-bond donors (Lipinski definition) is 1. The number of nitrogens with zero attached hydrogens (tertiary/aromatic N) is 4. The molecule has 0 spiro atoms. The summed E-state index contributed by atoms with van der Waals surface area (Å²) in [4.78, 5) is 39.6. The molecule has 0 saturated carbocycles. The van der Waals surface area contributed by atoms with Crippen LogP contribution in [0.15, 0.2) is 46.3 Å². The maximum atomic E-state index is 12.2. The van der Waals surface area contributed by atoms with Gasteiger partial charge in [-0.25, -0.2) is 4.98 Å². The molecule has 0 saturated heterocycles. The first kappa shape index (κ1) is 22.2. The van der Waals surface area contributed by atoms with E-state index in [-0.39, 0.29) is 28.5 Å². The smallest absolute Gasteiger partial charge is 0.318 e. The second kappa shape index (κ2) is 9.14. The van der Waals surface area contributed by atoms with Gasteiger partial charge >= 0.3 is 5.69 Å². The first-order chi connectivity index (χ1) is 15.3. The molecule has 0 fully saturated rings. The zero-order chi connectivity index (χ0) is 23.4. The summed E-state index contributed by atoms with van der Waals surface area (Å²) in [6.07, 6.45) is 1.71. The molecule has 12 nitrogen and oxygen atoms in total. The maximum Gasteiger partial charge on any atom is 0.318 e. The predicted octanol–water partition coefficient (Wildman–Crippen LogP) is 3.65. The van der Waals surface area contributed by atoms with Gasteiger partial charge in [0.05, 0.1) is 28.7 Å². The summed E-state index contributed by atoms with van der Waals surface area (Å²) in [5, 5.41) is 31.9. The standard InChI is InChI=1S/C19H13N5O7S/c1-30-16-7-10(17-12(9-20)18(25)22-19(21-17)32-2)3-5-15(16)31-14-6-4-11(23(26)27)8-13(14)24(28)29/h3-8H,1-2H3,(H,21,22,25). The van der Waals surface area contributed by atoms with Gasteiger partial charge in [0.1, 0.15) is 11.6 Å². The van der Waals surface area contributed by atoms with Crippen LogP contribution in [0.25, 0.3) is 11.3 Å². The van der Waals surface area contributed by atoms with E-state index < -0.39 is 26.8 Å². The second-order valence-electron chi connectivity index (χ2n) is 6.04. The SMILES string of the molecule is COc1cc(-c2nc(SC)[nH]c(=O)c2C#N)ccc1Oc1ccc([N+](=O)[O-])cc1[N+](=O)[O-].